The summed E-state index contributed by atoms with van der Waals surface area (Å²) in [4.78, 5) is 29.5. The predicted molar refractivity (Wildman–Crippen MR) is 165 cm³/mol. The number of carbonyl (C=O) groups excluding carboxylic acids is 2. The van der Waals surface area contributed by atoms with Gasteiger partial charge in [-0.2, -0.15) is 0 Å². The first-order valence-corrected chi connectivity index (χ1v) is 16.6. The Bertz CT molecular complexity index is 1400. The SMILES string of the molecule is CS(=O)(=O)N(CC(=O)N(Cc1ccc(Br)cc1)[C@@H](Cc1ccccc1)C(=O)NC1CCCC1)c1ccc(Br)cc1. The molecule has 0 radical (unpaired) electrons. The lowest BCUT2D eigenvalue weighted by molar-refractivity contribution is -0.140. The van der Waals surface area contributed by atoms with Crippen LogP contribution in [0, 0.1) is 0 Å². The van der Waals surface area contributed by atoms with E-state index in [0.29, 0.717) is 12.1 Å². The van der Waals surface area contributed by atoms with Crippen LogP contribution in [-0.4, -0.2) is 50.0 Å². The molecule has 1 atom stereocenters. The molecule has 1 aliphatic rings. The Kier molecular flexibility index (Phi) is 10.4. The second-order valence-corrected chi connectivity index (χ2v) is 13.8. The van der Waals surface area contributed by atoms with E-state index in [2.05, 4.69) is 37.2 Å². The second-order valence-electron chi connectivity index (χ2n) is 10.1. The van der Waals surface area contributed by atoms with Crippen molar-refractivity contribution in [3.8, 4) is 0 Å². The maximum atomic E-state index is 14.1. The van der Waals surface area contributed by atoms with E-state index < -0.39 is 28.5 Å². The minimum atomic E-state index is -3.80. The van der Waals surface area contributed by atoms with Crippen LogP contribution in [0.3, 0.4) is 0 Å². The van der Waals surface area contributed by atoms with E-state index in [1.807, 2.05) is 54.6 Å². The Balaban J connectivity index is 1.71. The van der Waals surface area contributed by atoms with Crippen LogP contribution in [0.2, 0.25) is 0 Å². The summed E-state index contributed by atoms with van der Waals surface area (Å²) in [5, 5.41) is 3.17. The zero-order chi connectivity index (χ0) is 28.7. The molecule has 212 valence electrons. The molecule has 7 nitrogen and oxygen atoms in total. The summed E-state index contributed by atoms with van der Waals surface area (Å²) in [7, 11) is -3.80. The molecule has 1 fully saturated rings. The highest BCUT2D eigenvalue weighted by Gasteiger charge is 2.34. The average Bonchev–Trinajstić information content (AvgIpc) is 3.44. The van der Waals surface area contributed by atoms with E-state index in [1.54, 1.807) is 24.3 Å². The molecule has 0 aliphatic heterocycles. The fourth-order valence-electron chi connectivity index (χ4n) is 4.93. The topological polar surface area (TPSA) is 86.8 Å². The smallest absolute Gasteiger partial charge is 0.244 e. The number of carbonyl (C=O) groups is 2. The lowest BCUT2D eigenvalue weighted by Crippen LogP contribution is -2.54. The lowest BCUT2D eigenvalue weighted by atomic mass is 10.0. The van der Waals surface area contributed by atoms with Gasteiger partial charge in [0.15, 0.2) is 0 Å². The molecule has 2 amide bonds. The van der Waals surface area contributed by atoms with Crippen molar-refractivity contribution >= 4 is 59.4 Å². The molecule has 1 aliphatic carbocycles. The molecule has 10 heteroatoms. The van der Waals surface area contributed by atoms with Gasteiger partial charge in [0.2, 0.25) is 21.8 Å². The summed E-state index contributed by atoms with van der Waals surface area (Å²) in [5.74, 6) is -0.686. The first-order valence-electron chi connectivity index (χ1n) is 13.2. The number of hydrogen-bond acceptors (Lipinski definition) is 4. The number of amides is 2. The Labute approximate surface area is 253 Å². The molecule has 1 N–H and O–H groups in total. The van der Waals surface area contributed by atoms with Gasteiger partial charge in [-0.25, -0.2) is 8.42 Å². The van der Waals surface area contributed by atoms with Crippen LogP contribution in [0.25, 0.3) is 0 Å². The molecule has 40 heavy (non-hydrogen) atoms. The first kappa shape index (κ1) is 30.3. The second kappa shape index (κ2) is 13.8. The van der Waals surface area contributed by atoms with Gasteiger partial charge >= 0.3 is 0 Å². The van der Waals surface area contributed by atoms with Gasteiger partial charge in [0.05, 0.1) is 11.9 Å². The van der Waals surface area contributed by atoms with Crippen LogP contribution < -0.4 is 9.62 Å². The number of nitrogens with zero attached hydrogens (tertiary/aromatic N) is 2. The summed E-state index contributed by atoms with van der Waals surface area (Å²) < 4.78 is 28.5. The van der Waals surface area contributed by atoms with Crippen molar-refractivity contribution in [2.45, 2.75) is 50.7 Å². The van der Waals surface area contributed by atoms with Gasteiger partial charge in [-0.15, -0.1) is 0 Å². The van der Waals surface area contributed by atoms with Crippen LogP contribution in [0.4, 0.5) is 5.69 Å². The van der Waals surface area contributed by atoms with Gasteiger partial charge in [-0.05, 0) is 60.4 Å². The highest BCUT2D eigenvalue weighted by atomic mass is 79.9. The van der Waals surface area contributed by atoms with Crippen molar-refractivity contribution in [2.75, 3.05) is 17.1 Å². The third kappa shape index (κ3) is 8.41. The average molecular weight is 691 g/mol. The molecule has 0 spiro atoms. The van der Waals surface area contributed by atoms with Crippen molar-refractivity contribution in [1.29, 1.82) is 0 Å². The molecule has 4 rings (SSSR count). The van der Waals surface area contributed by atoms with Crippen molar-refractivity contribution in [2.24, 2.45) is 0 Å². The summed E-state index contributed by atoms with van der Waals surface area (Å²) in [5.41, 5.74) is 2.12. The van der Waals surface area contributed by atoms with Gasteiger partial charge in [0.1, 0.15) is 12.6 Å². The fraction of sp³-hybridized carbons (Fsp3) is 0.333. The van der Waals surface area contributed by atoms with Gasteiger partial charge in [-0.3, -0.25) is 13.9 Å². The van der Waals surface area contributed by atoms with E-state index in [1.165, 1.54) is 4.90 Å². The Morgan fingerprint density at radius 1 is 0.875 bits per heavy atom. The number of nitrogens with one attached hydrogen (secondary N) is 1. The maximum absolute atomic E-state index is 14.1. The Hall–Kier alpha value is -2.69. The van der Waals surface area contributed by atoms with E-state index in [-0.39, 0.29) is 18.5 Å². The molecular weight excluding hydrogens is 658 g/mol. The van der Waals surface area contributed by atoms with Crippen LogP contribution in [0.15, 0.2) is 87.8 Å². The molecule has 0 saturated heterocycles. The Morgan fingerprint density at radius 3 is 2.02 bits per heavy atom. The van der Waals surface area contributed by atoms with E-state index >= 15 is 0 Å². The third-order valence-electron chi connectivity index (χ3n) is 7.03. The van der Waals surface area contributed by atoms with E-state index in [9.17, 15) is 18.0 Å². The zero-order valence-corrected chi connectivity index (χ0v) is 26.3. The monoisotopic (exact) mass is 689 g/mol. The normalized spacial score (nSPS) is 14.5. The Morgan fingerprint density at radius 2 is 1.45 bits per heavy atom. The summed E-state index contributed by atoms with van der Waals surface area (Å²) >= 11 is 6.82. The molecule has 3 aromatic carbocycles. The standard InChI is InChI=1S/C30H33Br2N3O4S/c1-40(38,39)35(27-17-15-25(32)16-18-27)21-29(36)34(20-23-11-13-24(31)14-12-23)28(19-22-7-3-2-4-8-22)30(37)33-26-9-5-6-10-26/h2-4,7-8,11-18,26,28H,5-6,9-10,19-21H2,1H3,(H,33,37)/t28-/m0/s1. The molecule has 0 aromatic heterocycles. The highest BCUT2D eigenvalue weighted by Crippen LogP contribution is 2.24. The van der Waals surface area contributed by atoms with Crippen LogP contribution >= 0.6 is 31.9 Å². The number of rotatable bonds is 11. The quantitative estimate of drug-likeness (QED) is 0.281. The number of sulfonamides is 1. The fourth-order valence-corrected chi connectivity index (χ4v) is 6.31. The van der Waals surface area contributed by atoms with Crippen molar-refractivity contribution in [3.63, 3.8) is 0 Å². The lowest BCUT2D eigenvalue weighted by Gasteiger charge is -2.34. The molecule has 0 heterocycles. The largest absolute Gasteiger partial charge is 0.352 e. The number of anilines is 1. The predicted octanol–water partition coefficient (Wildman–Crippen LogP) is 5.68. The van der Waals surface area contributed by atoms with Crippen LogP contribution in [-0.2, 0) is 32.6 Å². The van der Waals surface area contributed by atoms with Gasteiger partial charge in [-0.1, -0.05) is 87.2 Å². The van der Waals surface area contributed by atoms with E-state index in [0.717, 1.165) is 56.3 Å². The zero-order valence-electron chi connectivity index (χ0n) is 22.3. The first-order chi connectivity index (χ1) is 19.1. The third-order valence-corrected chi connectivity index (χ3v) is 9.23. The van der Waals surface area contributed by atoms with Gasteiger partial charge in [0, 0.05) is 28.0 Å². The molecule has 1 saturated carbocycles. The van der Waals surface area contributed by atoms with Crippen molar-refractivity contribution < 1.29 is 18.0 Å². The molecule has 0 unspecified atom stereocenters. The molecule has 3 aromatic rings. The van der Waals surface area contributed by atoms with Crippen LogP contribution in [0.1, 0.15) is 36.8 Å². The van der Waals surface area contributed by atoms with Crippen molar-refractivity contribution in [3.05, 3.63) is 98.9 Å². The van der Waals surface area contributed by atoms with Gasteiger partial charge < -0.3 is 10.2 Å². The molecular formula is C30H33Br2N3O4S. The number of hydrogen-bond donors (Lipinski definition) is 1. The van der Waals surface area contributed by atoms with Crippen molar-refractivity contribution in [1.82, 2.24) is 10.2 Å². The highest BCUT2D eigenvalue weighted by molar-refractivity contribution is 9.10. The molecule has 0 bridgehead atoms. The number of halogens is 2. The summed E-state index contributed by atoms with van der Waals surface area (Å²) in [6, 6.07) is 23.1. The minimum absolute atomic E-state index is 0.0747. The minimum Gasteiger partial charge on any atom is -0.352 e. The summed E-state index contributed by atoms with van der Waals surface area (Å²) in [6.45, 7) is -0.279. The van der Waals surface area contributed by atoms with Gasteiger partial charge in [0.25, 0.3) is 0 Å². The van der Waals surface area contributed by atoms with E-state index in [4.69, 9.17) is 0 Å². The summed E-state index contributed by atoms with van der Waals surface area (Å²) in [6.07, 6.45) is 5.33. The van der Waals surface area contributed by atoms with Crippen LogP contribution in [0.5, 0.6) is 0 Å². The number of benzene rings is 3. The maximum Gasteiger partial charge on any atom is 0.244 e.